The summed E-state index contributed by atoms with van der Waals surface area (Å²) in [7, 11) is -3.73. The van der Waals surface area contributed by atoms with E-state index in [-0.39, 0.29) is 10.8 Å². The van der Waals surface area contributed by atoms with Gasteiger partial charge in [-0.2, -0.15) is 0 Å². The summed E-state index contributed by atoms with van der Waals surface area (Å²) in [6.07, 6.45) is 5.03. The molecule has 1 saturated carbocycles. The monoisotopic (exact) mass is 461 g/mol. The number of sulfonamides is 1. The number of hydrogen-bond acceptors (Lipinski definition) is 5. The highest BCUT2D eigenvalue weighted by Crippen LogP contribution is 2.42. The lowest BCUT2D eigenvalue weighted by molar-refractivity contribution is -0.121. The summed E-state index contributed by atoms with van der Waals surface area (Å²) in [6, 6.07) is 13.6. The molecule has 0 unspecified atom stereocenters. The molecule has 1 amide bonds. The van der Waals surface area contributed by atoms with Gasteiger partial charge in [0.2, 0.25) is 5.91 Å². The molecule has 1 aliphatic carbocycles. The Hall–Kier alpha value is -2.42. The number of amides is 1. The van der Waals surface area contributed by atoms with Crippen LogP contribution in [0.2, 0.25) is 5.02 Å². The van der Waals surface area contributed by atoms with Crippen LogP contribution in [0.4, 0.5) is 10.8 Å². The van der Waals surface area contributed by atoms with Gasteiger partial charge in [-0.05, 0) is 54.8 Å². The lowest BCUT2D eigenvalue weighted by Gasteiger charge is -2.28. The molecule has 0 saturated heterocycles. The van der Waals surface area contributed by atoms with Crippen LogP contribution < -0.4 is 10.0 Å². The van der Waals surface area contributed by atoms with Crippen LogP contribution in [0.15, 0.2) is 65.0 Å². The summed E-state index contributed by atoms with van der Waals surface area (Å²) in [6.45, 7) is 0. The number of anilines is 2. The minimum atomic E-state index is -3.73. The standard InChI is InChI=1S/C21H20ClN3O3S2/c22-16-5-3-15(4-6-16)21(11-1-2-12-21)19(26)24-17-7-9-18(10-8-17)30(27,28)25-20-23-13-14-29-20/h3-10,13-14H,1-2,11-12H2,(H,23,25)(H,24,26). The molecule has 1 aromatic heterocycles. The second-order valence-corrected chi connectivity index (χ2v) is 10.2. The van der Waals surface area contributed by atoms with Crippen molar-refractivity contribution in [2.24, 2.45) is 0 Å². The third-order valence-corrected chi connectivity index (χ3v) is 7.79. The van der Waals surface area contributed by atoms with Crippen LogP contribution in [-0.4, -0.2) is 19.3 Å². The zero-order chi connectivity index (χ0) is 21.2. The second-order valence-electron chi connectivity index (χ2n) is 7.22. The van der Waals surface area contributed by atoms with E-state index in [1.54, 1.807) is 29.6 Å². The molecule has 1 fully saturated rings. The molecule has 3 aromatic rings. The SMILES string of the molecule is O=C(Nc1ccc(S(=O)(=O)Nc2nccs2)cc1)C1(c2ccc(Cl)cc2)CCCC1. The molecular formula is C21H20ClN3O3S2. The van der Waals surface area contributed by atoms with E-state index >= 15 is 0 Å². The summed E-state index contributed by atoms with van der Waals surface area (Å²) in [4.78, 5) is 17.3. The van der Waals surface area contributed by atoms with E-state index in [0.29, 0.717) is 15.8 Å². The topological polar surface area (TPSA) is 88.2 Å². The molecule has 0 bridgehead atoms. The van der Waals surface area contributed by atoms with Gasteiger partial charge in [-0.3, -0.25) is 9.52 Å². The van der Waals surface area contributed by atoms with Gasteiger partial charge in [0, 0.05) is 22.3 Å². The highest BCUT2D eigenvalue weighted by atomic mass is 35.5. The van der Waals surface area contributed by atoms with Gasteiger partial charge in [-0.15, -0.1) is 11.3 Å². The van der Waals surface area contributed by atoms with Gasteiger partial charge in [0.1, 0.15) is 0 Å². The van der Waals surface area contributed by atoms with Gasteiger partial charge in [-0.1, -0.05) is 36.6 Å². The summed E-state index contributed by atoms with van der Waals surface area (Å²) in [5, 5.41) is 5.59. The molecule has 0 radical (unpaired) electrons. The number of hydrogen-bond donors (Lipinski definition) is 2. The van der Waals surface area contributed by atoms with E-state index in [0.717, 1.165) is 31.2 Å². The third kappa shape index (κ3) is 4.21. The maximum absolute atomic E-state index is 13.2. The van der Waals surface area contributed by atoms with E-state index in [4.69, 9.17) is 11.6 Å². The number of nitrogens with one attached hydrogen (secondary N) is 2. The highest BCUT2D eigenvalue weighted by molar-refractivity contribution is 7.93. The Labute approximate surface area is 184 Å². The van der Waals surface area contributed by atoms with Gasteiger partial charge < -0.3 is 5.32 Å². The van der Waals surface area contributed by atoms with E-state index < -0.39 is 15.4 Å². The average molecular weight is 462 g/mol. The number of carbonyl (C=O) groups excluding carboxylic acids is 1. The lowest BCUT2D eigenvalue weighted by Crippen LogP contribution is -2.37. The number of nitrogens with zero attached hydrogens (tertiary/aromatic N) is 1. The molecule has 0 spiro atoms. The fraction of sp³-hybridized carbons (Fsp3) is 0.238. The minimum absolute atomic E-state index is 0.0844. The van der Waals surface area contributed by atoms with Crippen molar-refractivity contribution in [2.45, 2.75) is 36.0 Å². The summed E-state index contributed by atoms with van der Waals surface area (Å²) < 4.78 is 27.4. The molecule has 9 heteroatoms. The highest BCUT2D eigenvalue weighted by Gasteiger charge is 2.42. The third-order valence-electron chi connectivity index (χ3n) is 5.37. The van der Waals surface area contributed by atoms with Crippen molar-refractivity contribution in [3.05, 3.63) is 70.7 Å². The molecular weight excluding hydrogens is 442 g/mol. The molecule has 6 nitrogen and oxygen atoms in total. The Bertz CT molecular complexity index is 1120. The van der Waals surface area contributed by atoms with E-state index in [1.165, 1.54) is 29.7 Å². The van der Waals surface area contributed by atoms with Gasteiger partial charge in [-0.25, -0.2) is 13.4 Å². The lowest BCUT2D eigenvalue weighted by atomic mass is 9.78. The largest absolute Gasteiger partial charge is 0.325 e. The number of benzene rings is 2. The Balaban J connectivity index is 1.52. The first-order valence-electron chi connectivity index (χ1n) is 9.49. The van der Waals surface area contributed by atoms with Crippen LogP contribution in [-0.2, 0) is 20.2 Å². The number of rotatable bonds is 6. The molecule has 0 aliphatic heterocycles. The zero-order valence-corrected chi connectivity index (χ0v) is 18.4. The van der Waals surface area contributed by atoms with Crippen molar-refractivity contribution in [2.75, 3.05) is 10.0 Å². The Kier molecular flexibility index (Phi) is 5.81. The van der Waals surface area contributed by atoms with Gasteiger partial charge in [0.05, 0.1) is 10.3 Å². The first-order chi connectivity index (χ1) is 14.4. The predicted octanol–water partition coefficient (Wildman–Crippen LogP) is 5.05. The molecule has 1 heterocycles. The fourth-order valence-electron chi connectivity index (χ4n) is 3.81. The summed E-state index contributed by atoms with van der Waals surface area (Å²) in [5.41, 5.74) is 0.907. The van der Waals surface area contributed by atoms with Crippen molar-refractivity contribution >= 4 is 49.7 Å². The van der Waals surface area contributed by atoms with Crippen LogP contribution in [0.3, 0.4) is 0 Å². The van der Waals surface area contributed by atoms with E-state index in [9.17, 15) is 13.2 Å². The van der Waals surface area contributed by atoms with E-state index in [2.05, 4.69) is 15.0 Å². The van der Waals surface area contributed by atoms with Crippen molar-refractivity contribution in [3.63, 3.8) is 0 Å². The van der Waals surface area contributed by atoms with Gasteiger partial charge >= 0.3 is 0 Å². The molecule has 2 N–H and O–H groups in total. The quantitative estimate of drug-likeness (QED) is 0.537. The molecule has 2 aromatic carbocycles. The number of carbonyl (C=O) groups is 1. The van der Waals surface area contributed by atoms with Crippen molar-refractivity contribution in [3.8, 4) is 0 Å². The minimum Gasteiger partial charge on any atom is -0.325 e. The maximum Gasteiger partial charge on any atom is 0.263 e. The summed E-state index contributed by atoms with van der Waals surface area (Å²) >= 11 is 7.21. The van der Waals surface area contributed by atoms with Crippen LogP contribution in [0.1, 0.15) is 31.2 Å². The Morgan fingerprint density at radius 1 is 1.03 bits per heavy atom. The van der Waals surface area contributed by atoms with Crippen LogP contribution >= 0.6 is 22.9 Å². The molecule has 0 atom stereocenters. The van der Waals surface area contributed by atoms with Crippen molar-refractivity contribution < 1.29 is 13.2 Å². The van der Waals surface area contributed by atoms with Crippen LogP contribution in [0.5, 0.6) is 0 Å². The maximum atomic E-state index is 13.2. The van der Waals surface area contributed by atoms with Gasteiger partial charge in [0.25, 0.3) is 10.0 Å². The first-order valence-corrected chi connectivity index (χ1v) is 12.2. The zero-order valence-electron chi connectivity index (χ0n) is 16.0. The average Bonchev–Trinajstić information content (AvgIpc) is 3.41. The summed E-state index contributed by atoms with van der Waals surface area (Å²) in [5.74, 6) is -0.0844. The second kappa shape index (κ2) is 8.37. The normalized spacial score (nSPS) is 15.6. The fourth-order valence-corrected chi connectivity index (χ4v) is 5.72. The Morgan fingerprint density at radius 3 is 2.30 bits per heavy atom. The van der Waals surface area contributed by atoms with Crippen molar-refractivity contribution in [1.82, 2.24) is 4.98 Å². The van der Waals surface area contributed by atoms with Crippen molar-refractivity contribution in [1.29, 1.82) is 0 Å². The van der Waals surface area contributed by atoms with E-state index in [1.807, 2.05) is 12.1 Å². The number of halogens is 1. The smallest absolute Gasteiger partial charge is 0.263 e. The first kappa shape index (κ1) is 20.8. The number of aromatic nitrogens is 1. The van der Waals surface area contributed by atoms with Crippen LogP contribution in [0, 0.1) is 0 Å². The molecule has 1 aliphatic rings. The number of thiazole rings is 1. The molecule has 4 rings (SSSR count). The Morgan fingerprint density at radius 2 is 1.70 bits per heavy atom. The molecule has 30 heavy (non-hydrogen) atoms. The van der Waals surface area contributed by atoms with Gasteiger partial charge in [0.15, 0.2) is 5.13 Å². The van der Waals surface area contributed by atoms with Crippen LogP contribution in [0.25, 0.3) is 0 Å². The molecule has 156 valence electrons. The predicted molar refractivity (Wildman–Crippen MR) is 120 cm³/mol.